The zero-order valence-electron chi connectivity index (χ0n) is 16.0. The predicted molar refractivity (Wildman–Crippen MR) is 105 cm³/mol. The van der Waals surface area contributed by atoms with Crippen molar-refractivity contribution in [1.82, 2.24) is 10.0 Å². The lowest BCUT2D eigenvalue weighted by Gasteiger charge is -2.19. The van der Waals surface area contributed by atoms with E-state index in [1.165, 1.54) is 5.41 Å². The van der Waals surface area contributed by atoms with E-state index >= 15 is 0 Å². The largest absolute Gasteiger partial charge is 0.444 e. The Balaban J connectivity index is 2.65. The number of nitrogens with one attached hydrogen (secondary N) is 2. The van der Waals surface area contributed by atoms with Gasteiger partial charge in [0, 0.05) is 18.5 Å². The maximum atomic E-state index is 12.0. The number of amides is 1. The maximum Gasteiger partial charge on any atom is 0.407 e. The molecule has 0 aliphatic heterocycles. The second-order valence-corrected chi connectivity index (χ2v) is 8.62. The number of ether oxygens (including phenoxy) is 1. The van der Waals surface area contributed by atoms with Gasteiger partial charge in [-0.1, -0.05) is 37.6 Å². The van der Waals surface area contributed by atoms with Crippen LogP contribution in [0.5, 0.6) is 0 Å². The van der Waals surface area contributed by atoms with E-state index in [4.69, 9.17) is 4.74 Å². The molecule has 0 saturated carbocycles. The first-order chi connectivity index (χ1) is 12.1. The van der Waals surface area contributed by atoms with Gasteiger partial charge in [0.15, 0.2) is 0 Å². The van der Waals surface area contributed by atoms with Crippen LogP contribution in [0.25, 0.3) is 6.08 Å². The summed E-state index contributed by atoms with van der Waals surface area (Å²) in [5, 5.41) is 3.89. The first-order valence-corrected chi connectivity index (χ1v) is 10.4. The van der Waals surface area contributed by atoms with Crippen molar-refractivity contribution in [2.45, 2.75) is 52.6 Å². The number of hydrogen-bond donors (Lipinski definition) is 2. The molecule has 6 nitrogen and oxygen atoms in total. The predicted octanol–water partition coefficient (Wildman–Crippen LogP) is 3.44. The minimum atomic E-state index is -3.44. The van der Waals surface area contributed by atoms with Gasteiger partial charge in [-0.25, -0.2) is 17.9 Å². The van der Waals surface area contributed by atoms with Crippen molar-refractivity contribution >= 4 is 22.2 Å². The lowest BCUT2D eigenvalue weighted by Crippen LogP contribution is -2.33. The quantitative estimate of drug-likeness (QED) is 0.641. The summed E-state index contributed by atoms with van der Waals surface area (Å²) in [5.41, 5.74) is 1.21. The molecule has 0 fully saturated rings. The van der Waals surface area contributed by atoms with E-state index in [2.05, 4.69) is 10.0 Å². The number of unbranched alkanes of at least 4 members (excludes halogenated alkanes) is 1. The lowest BCUT2D eigenvalue weighted by molar-refractivity contribution is 0.0528. The lowest BCUT2D eigenvalue weighted by atomic mass is 10.0. The van der Waals surface area contributed by atoms with Crippen LogP contribution in [-0.2, 0) is 21.2 Å². The first kappa shape index (κ1) is 22.2. The summed E-state index contributed by atoms with van der Waals surface area (Å²) in [6.07, 6.45) is 3.42. The zero-order valence-corrected chi connectivity index (χ0v) is 16.9. The highest BCUT2D eigenvalue weighted by Gasteiger charge is 2.15. The van der Waals surface area contributed by atoms with E-state index in [-0.39, 0.29) is 0 Å². The Morgan fingerprint density at radius 1 is 1.19 bits per heavy atom. The van der Waals surface area contributed by atoms with E-state index in [0.29, 0.717) is 19.5 Å². The maximum absolute atomic E-state index is 12.0. The van der Waals surface area contributed by atoms with E-state index in [1.807, 2.05) is 52.0 Å². The Morgan fingerprint density at radius 2 is 1.88 bits per heavy atom. The SMILES string of the molecule is CCCCNS(=O)(=O)/C=C/c1ccccc1CCNC(=O)OC(C)(C)C. The highest BCUT2D eigenvalue weighted by Crippen LogP contribution is 2.12. The van der Waals surface area contributed by atoms with Gasteiger partial charge >= 0.3 is 6.09 Å². The summed E-state index contributed by atoms with van der Waals surface area (Å²) in [6.45, 7) is 8.27. The molecule has 0 heterocycles. The number of benzene rings is 1. The van der Waals surface area contributed by atoms with Crippen LogP contribution in [0.4, 0.5) is 4.79 Å². The molecule has 0 bridgehead atoms. The molecular weight excluding hydrogens is 352 g/mol. The molecule has 1 rings (SSSR count). The van der Waals surface area contributed by atoms with Gasteiger partial charge in [0.25, 0.3) is 0 Å². The number of sulfonamides is 1. The molecule has 26 heavy (non-hydrogen) atoms. The summed E-state index contributed by atoms with van der Waals surface area (Å²) in [6, 6.07) is 7.49. The number of hydrogen-bond acceptors (Lipinski definition) is 4. The molecule has 7 heteroatoms. The zero-order chi connectivity index (χ0) is 19.6. The van der Waals surface area contributed by atoms with Crippen molar-refractivity contribution in [1.29, 1.82) is 0 Å². The summed E-state index contributed by atoms with van der Waals surface area (Å²) < 4.78 is 31.6. The van der Waals surface area contributed by atoms with Crippen LogP contribution in [-0.4, -0.2) is 33.2 Å². The van der Waals surface area contributed by atoms with E-state index in [0.717, 1.165) is 24.0 Å². The summed E-state index contributed by atoms with van der Waals surface area (Å²) in [5.74, 6) is 0. The molecule has 0 atom stereocenters. The van der Waals surface area contributed by atoms with Crippen LogP contribution in [0.15, 0.2) is 29.7 Å². The van der Waals surface area contributed by atoms with Crippen molar-refractivity contribution in [3.63, 3.8) is 0 Å². The van der Waals surface area contributed by atoms with E-state index in [1.54, 1.807) is 6.08 Å². The standard InChI is InChI=1S/C19H30N2O4S/c1-5-6-13-21-26(23,24)15-12-17-10-8-7-9-16(17)11-14-20-18(22)25-19(2,3)4/h7-10,12,15,21H,5-6,11,13-14H2,1-4H3,(H,20,22)/b15-12+. The molecule has 0 aliphatic carbocycles. The molecule has 0 saturated heterocycles. The number of alkyl carbamates (subject to hydrolysis) is 1. The van der Waals surface area contributed by atoms with Crippen molar-refractivity contribution in [2.24, 2.45) is 0 Å². The van der Waals surface area contributed by atoms with Crippen LogP contribution in [0, 0.1) is 0 Å². The molecule has 0 aromatic heterocycles. The Bertz CT molecular complexity index is 706. The third-order valence-electron chi connectivity index (χ3n) is 3.38. The van der Waals surface area contributed by atoms with Crippen LogP contribution < -0.4 is 10.0 Å². The van der Waals surface area contributed by atoms with Gasteiger partial charge in [-0.15, -0.1) is 0 Å². The summed E-state index contributed by atoms with van der Waals surface area (Å²) >= 11 is 0. The molecule has 2 N–H and O–H groups in total. The summed E-state index contributed by atoms with van der Waals surface area (Å²) in [7, 11) is -3.44. The Labute approximate surface area is 157 Å². The van der Waals surface area contributed by atoms with Gasteiger partial charge < -0.3 is 10.1 Å². The topological polar surface area (TPSA) is 84.5 Å². The van der Waals surface area contributed by atoms with Crippen molar-refractivity contribution in [3.05, 3.63) is 40.8 Å². The summed E-state index contributed by atoms with van der Waals surface area (Å²) in [4.78, 5) is 11.7. The van der Waals surface area contributed by atoms with Crippen molar-refractivity contribution in [2.75, 3.05) is 13.1 Å². The number of carbonyl (C=O) groups excluding carboxylic acids is 1. The average Bonchev–Trinajstić information content (AvgIpc) is 2.52. The van der Waals surface area contributed by atoms with Gasteiger partial charge in [-0.3, -0.25) is 0 Å². The Morgan fingerprint density at radius 3 is 2.54 bits per heavy atom. The van der Waals surface area contributed by atoms with Gasteiger partial charge in [0.2, 0.25) is 10.0 Å². The monoisotopic (exact) mass is 382 g/mol. The van der Waals surface area contributed by atoms with Crippen LogP contribution in [0.3, 0.4) is 0 Å². The number of carbonyl (C=O) groups is 1. The van der Waals surface area contributed by atoms with Crippen LogP contribution >= 0.6 is 0 Å². The molecule has 1 amide bonds. The van der Waals surface area contributed by atoms with Crippen LogP contribution in [0.1, 0.15) is 51.7 Å². The van der Waals surface area contributed by atoms with Crippen molar-refractivity contribution in [3.8, 4) is 0 Å². The smallest absolute Gasteiger partial charge is 0.407 e. The second-order valence-electron chi connectivity index (χ2n) is 6.97. The van der Waals surface area contributed by atoms with Gasteiger partial charge in [-0.2, -0.15) is 0 Å². The van der Waals surface area contributed by atoms with Gasteiger partial charge in [0.1, 0.15) is 5.60 Å². The van der Waals surface area contributed by atoms with Crippen LogP contribution in [0.2, 0.25) is 0 Å². The average molecular weight is 383 g/mol. The molecule has 146 valence electrons. The van der Waals surface area contributed by atoms with E-state index < -0.39 is 21.7 Å². The van der Waals surface area contributed by atoms with E-state index in [9.17, 15) is 13.2 Å². The van der Waals surface area contributed by atoms with Gasteiger partial charge in [0.05, 0.1) is 0 Å². The fourth-order valence-electron chi connectivity index (χ4n) is 2.14. The van der Waals surface area contributed by atoms with Crippen molar-refractivity contribution < 1.29 is 17.9 Å². The Kier molecular flexibility index (Phi) is 8.81. The second kappa shape index (κ2) is 10.3. The number of rotatable bonds is 9. The highest BCUT2D eigenvalue weighted by atomic mass is 32.2. The first-order valence-electron chi connectivity index (χ1n) is 8.85. The Hall–Kier alpha value is -1.86. The third kappa shape index (κ3) is 9.58. The molecule has 0 radical (unpaired) electrons. The molecule has 0 unspecified atom stereocenters. The minimum absolute atomic E-state index is 0.404. The molecule has 1 aromatic carbocycles. The molecular formula is C19H30N2O4S. The fraction of sp³-hybridized carbons (Fsp3) is 0.526. The normalized spacial score (nSPS) is 12.3. The van der Waals surface area contributed by atoms with Gasteiger partial charge in [-0.05, 0) is 50.8 Å². The highest BCUT2D eigenvalue weighted by molar-refractivity contribution is 7.92. The molecule has 0 aliphatic rings. The molecule has 1 aromatic rings. The molecule has 0 spiro atoms. The minimum Gasteiger partial charge on any atom is -0.444 e. The third-order valence-corrected chi connectivity index (χ3v) is 4.48. The fourth-order valence-corrected chi connectivity index (χ4v) is 2.99.